The quantitative estimate of drug-likeness (QED) is 0.855. The van der Waals surface area contributed by atoms with Crippen LogP contribution in [0, 0.1) is 0 Å². The molecule has 0 atom stereocenters. The number of anilines is 1. The number of carbonyl (C=O) groups excluding carboxylic acids is 1. The van der Waals surface area contributed by atoms with Gasteiger partial charge in [-0.05, 0) is 22.0 Å². The first kappa shape index (κ1) is 12.0. The Morgan fingerprint density at radius 1 is 1.42 bits per heavy atom. The number of halogens is 1. The van der Waals surface area contributed by atoms with E-state index in [0.717, 1.165) is 11.8 Å². The molecule has 0 fully saturated rings. The molecule has 1 aliphatic rings. The van der Waals surface area contributed by atoms with Gasteiger partial charge in [0.2, 0.25) is 6.79 Å². The average Bonchev–Trinajstić information content (AvgIpc) is 2.96. The van der Waals surface area contributed by atoms with Gasteiger partial charge < -0.3 is 15.2 Å². The second kappa shape index (κ2) is 4.27. The Kier molecular flexibility index (Phi) is 2.70. The van der Waals surface area contributed by atoms with Gasteiger partial charge in [0.15, 0.2) is 17.8 Å². The number of ether oxygens (including phenoxy) is 2. The molecule has 6 nitrogen and oxygen atoms in total. The van der Waals surface area contributed by atoms with Gasteiger partial charge in [-0.25, -0.2) is 0 Å². The molecule has 0 spiro atoms. The first-order valence-electron chi connectivity index (χ1n) is 5.49. The van der Waals surface area contributed by atoms with Crippen molar-refractivity contribution in [1.82, 2.24) is 9.78 Å². The second-order valence-corrected chi connectivity index (χ2v) is 4.94. The summed E-state index contributed by atoms with van der Waals surface area (Å²) in [7, 11) is 1.75. The van der Waals surface area contributed by atoms with E-state index in [1.54, 1.807) is 23.9 Å². The van der Waals surface area contributed by atoms with E-state index in [1.807, 2.05) is 0 Å². The van der Waals surface area contributed by atoms with Gasteiger partial charge in [-0.1, -0.05) is 0 Å². The number of hydrogen-bond acceptors (Lipinski definition) is 5. The van der Waals surface area contributed by atoms with Crippen molar-refractivity contribution in [2.75, 3.05) is 12.5 Å². The maximum absolute atomic E-state index is 11.0. The fraction of sp³-hybridized carbons (Fsp3) is 0.167. The van der Waals surface area contributed by atoms with Crippen molar-refractivity contribution in [3.63, 3.8) is 0 Å². The summed E-state index contributed by atoms with van der Waals surface area (Å²) in [6.45, 7) is 0.0853. The van der Waals surface area contributed by atoms with Gasteiger partial charge in [-0.3, -0.25) is 9.48 Å². The highest BCUT2D eigenvalue weighted by atomic mass is 79.9. The zero-order chi connectivity index (χ0) is 13.6. The van der Waals surface area contributed by atoms with Gasteiger partial charge in [0, 0.05) is 17.6 Å². The van der Waals surface area contributed by atoms with E-state index in [4.69, 9.17) is 15.2 Å². The molecule has 2 aromatic rings. The summed E-state index contributed by atoms with van der Waals surface area (Å²) in [5, 5.41) is 4.31. The number of aryl methyl sites for hydroxylation is 1. The fourth-order valence-corrected chi connectivity index (χ4v) is 2.62. The smallest absolute Gasteiger partial charge is 0.231 e. The maximum Gasteiger partial charge on any atom is 0.231 e. The number of nitrogens with zero attached hydrogens (tertiary/aromatic N) is 2. The van der Waals surface area contributed by atoms with Crippen molar-refractivity contribution in [2.24, 2.45) is 7.05 Å². The lowest BCUT2D eigenvalue weighted by Crippen LogP contribution is -1.97. The van der Waals surface area contributed by atoms with E-state index in [-0.39, 0.29) is 6.79 Å². The highest BCUT2D eigenvalue weighted by molar-refractivity contribution is 9.10. The van der Waals surface area contributed by atoms with Crippen LogP contribution in [-0.4, -0.2) is 22.9 Å². The highest BCUT2D eigenvalue weighted by Crippen LogP contribution is 2.47. The normalized spacial score (nSPS) is 12.7. The van der Waals surface area contributed by atoms with E-state index in [0.29, 0.717) is 33.0 Å². The fourth-order valence-electron chi connectivity index (χ4n) is 1.99. The Morgan fingerprint density at radius 3 is 2.79 bits per heavy atom. The lowest BCUT2D eigenvalue weighted by atomic mass is 10.1. The van der Waals surface area contributed by atoms with Gasteiger partial charge in [0.1, 0.15) is 5.82 Å². The van der Waals surface area contributed by atoms with Crippen LogP contribution in [0.3, 0.4) is 0 Å². The number of aromatic nitrogens is 2. The van der Waals surface area contributed by atoms with Crippen molar-refractivity contribution in [1.29, 1.82) is 0 Å². The van der Waals surface area contributed by atoms with Crippen molar-refractivity contribution < 1.29 is 14.3 Å². The molecule has 2 heterocycles. The van der Waals surface area contributed by atoms with Crippen LogP contribution in [0.15, 0.2) is 16.6 Å². The molecule has 0 radical (unpaired) electrons. The molecule has 0 amide bonds. The summed E-state index contributed by atoms with van der Waals surface area (Å²) in [4.78, 5) is 11.0. The molecule has 0 unspecified atom stereocenters. The zero-order valence-electron chi connectivity index (χ0n) is 10.0. The molecule has 98 valence electrons. The molecular formula is C12H10BrN3O3. The standard InChI is InChI=1S/C12H10BrN3O3/c1-16-9(14)3-8(15-16)10-7(13)2-6(4-17)11-12(10)19-5-18-11/h2-4H,5,14H2,1H3. The van der Waals surface area contributed by atoms with Gasteiger partial charge in [-0.2, -0.15) is 5.10 Å². The van der Waals surface area contributed by atoms with Crippen LogP contribution in [0.25, 0.3) is 11.3 Å². The summed E-state index contributed by atoms with van der Waals surface area (Å²) < 4.78 is 13.1. The molecule has 1 aromatic heterocycles. The Bertz CT molecular complexity index is 662. The Morgan fingerprint density at radius 2 is 2.16 bits per heavy atom. The summed E-state index contributed by atoms with van der Waals surface area (Å²) >= 11 is 3.43. The van der Waals surface area contributed by atoms with Crippen LogP contribution in [0.2, 0.25) is 0 Å². The minimum absolute atomic E-state index is 0.0853. The predicted octanol–water partition coefficient (Wildman–Crippen LogP) is 1.97. The number of nitrogen functional groups attached to an aromatic ring is 1. The lowest BCUT2D eigenvalue weighted by Gasteiger charge is -2.07. The lowest BCUT2D eigenvalue weighted by molar-refractivity contribution is 0.111. The maximum atomic E-state index is 11.0. The molecule has 0 saturated carbocycles. The number of hydrogen-bond donors (Lipinski definition) is 1. The SMILES string of the molecule is Cn1nc(-c2c(Br)cc(C=O)c3c2OCO3)cc1N. The molecule has 2 N–H and O–H groups in total. The monoisotopic (exact) mass is 323 g/mol. The van der Waals surface area contributed by atoms with Crippen molar-refractivity contribution in [3.05, 3.63) is 22.2 Å². The van der Waals surface area contributed by atoms with Gasteiger partial charge in [0.25, 0.3) is 0 Å². The van der Waals surface area contributed by atoms with Gasteiger partial charge in [0.05, 0.1) is 16.8 Å². The zero-order valence-corrected chi connectivity index (χ0v) is 11.6. The van der Waals surface area contributed by atoms with E-state index in [2.05, 4.69) is 21.0 Å². The molecule has 7 heteroatoms. The average molecular weight is 324 g/mol. The van der Waals surface area contributed by atoms with Crippen LogP contribution < -0.4 is 15.2 Å². The number of aldehydes is 1. The molecule has 3 rings (SSSR count). The third-order valence-electron chi connectivity index (χ3n) is 2.92. The predicted molar refractivity (Wildman–Crippen MR) is 72.3 cm³/mol. The molecule has 1 aliphatic heterocycles. The number of fused-ring (bicyclic) bond motifs is 1. The number of rotatable bonds is 2. The molecule has 19 heavy (non-hydrogen) atoms. The first-order chi connectivity index (χ1) is 9.11. The second-order valence-electron chi connectivity index (χ2n) is 4.08. The van der Waals surface area contributed by atoms with Crippen molar-refractivity contribution >= 4 is 28.0 Å². The van der Waals surface area contributed by atoms with Crippen LogP contribution in [0.4, 0.5) is 5.82 Å². The van der Waals surface area contributed by atoms with Gasteiger partial charge in [-0.15, -0.1) is 0 Å². The first-order valence-corrected chi connectivity index (χ1v) is 6.28. The topological polar surface area (TPSA) is 79.4 Å². The summed E-state index contributed by atoms with van der Waals surface area (Å²) in [5.41, 5.74) is 7.61. The molecule has 0 saturated heterocycles. The van der Waals surface area contributed by atoms with E-state index in [1.165, 1.54) is 0 Å². The molecule has 0 aliphatic carbocycles. The van der Waals surface area contributed by atoms with Crippen LogP contribution in [-0.2, 0) is 7.05 Å². The number of carbonyl (C=O) groups is 1. The Balaban J connectivity index is 2.27. The molecule has 1 aromatic carbocycles. The largest absolute Gasteiger partial charge is 0.453 e. The van der Waals surface area contributed by atoms with Crippen LogP contribution in [0.5, 0.6) is 11.5 Å². The Hall–Kier alpha value is -2.02. The Labute approximate surface area is 117 Å². The van der Waals surface area contributed by atoms with Crippen LogP contribution >= 0.6 is 15.9 Å². The summed E-state index contributed by atoms with van der Waals surface area (Å²) in [6.07, 6.45) is 0.731. The van der Waals surface area contributed by atoms with E-state index < -0.39 is 0 Å². The molecule has 0 bridgehead atoms. The highest BCUT2D eigenvalue weighted by Gasteiger charge is 2.26. The minimum atomic E-state index is 0.0853. The number of benzene rings is 1. The third-order valence-corrected chi connectivity index (χ3v) is 3.55. The third kappa shape index (κ3) is 1.77. The summed E-state index contributed by atoms with van der Waals surface area (Å²) in [6, 6.07) is 3.42. The van der Waals surface area contributed by atoms with E-state index >= 15 is 0 Å². The van der Waals surface area contributed by atoms with E-state index in [9.17, 15) is 4.79 Å². The molecular weight excluding hydrogens is 314 g/mol. The van der Waals surface area contributed by atoms with Crippen molar-refractivity contribution in [2.45, 2.75) is 0 Å². The van der Waals surface area contributed by atoms with Gasteiger partial charge >= 0.3 is 0 Å². The van der Waals surface area contributed by atoms with Crippen molar-refractivity contribution in [3.8, 4) is 22.8 Å². The summed E-state index contributed by atoms with van der Waals surface area (Å²) in [5.74, 6) is 1.49. The van der Waals surface area contributed by atoms with Crippen LogP contribution in [0.1, 0.15) is 10.4 Å². The minimum Gasteiger partial charge on any atom is -0.453 e. The number of nitrogens with two attached hydrogens (primary N) is 1.